The summed E-state index contributed by atoms with van der Waals surface area (Å²) >= 11 is 1.87. The molecule has 140 valence electrons. The summed E-state index contributed by atoms with van der Waals surface area (Å²) in [6.45, 7) is 0.803. The third-order valence-electron chi connectivity index (χ3n) is 6.18. The van der Waals surface area contributed by atoms with Crippen LogP contribution in [0.4, 0.5) is 0 Å². The summed E-state index contributed by atoms with van der Waals surface area (Å²) in [5.41, 5.74) is 2.52. The fourth-order valence-corrected chi connectivity index (χ4v) is 6.22. The molecule has 1 unspecified atom stereocenters. The zero-order valence-electron chi connectivity index (χ0n) is 15.6. The first-order valence-electron chi connectivity index (χ1n) is 9.48. The largest absolute Gasteiger partial charge is 0.493 e. The molecule has 0 aromatic heterocycles. The fourth-order valence-electron chi connectivity index (χ4n) is 4.76. The molecular formula is C22H23NO3S. The van der Waals surface area contributed by atoms with Crippen molar-refractivity contribution in [1.82, 2.24) is 4.90 Å². The number of carbonyl (C=O) groups excluding carboxylic acids is 1. The SMILES string of the molecule is COc1cc2c(cc1OC)[C@H]1C[C@@H]3C(Sc4ccccc4)[C@@H]3C(=O)N1CC2. The summed E-state index contributed by atoms with van der Waals surface area (Å²) in [6.07, 6.45) is 1.93. The molecule has 2 aromatic rings. The topological polar surface area (TPSA) is 38.8 Å². The van der Waals surface area contributed by atoms with Crippen LogP contribution in [0.1, 0.15) is 23.6 Å². The van der Waals surface area contributed by atoms with Gasteiger partial charge in [-0.15, -0.1) is 11.8 Å². The molecular weight excluding hydrogens is 358 g/mol. The van der Waals surface area contributed by atoms with Crippen molar-refractivity contribution >= 4 is 17.7 Å². The van der Waals surface area contributed by atoms with Gasteiger partial charge in [0.2, 0.25) is 5.91 Å². The molecule has 2 aromatic carbocycles. The maximum absolute atomic E-state index is 13.1. The van der Waals surface area contributed by atoms with Crippen molar-refractivity contribution in [3.8, 4) is 11.5 Å². The molecule has 2 fully saturated rings. The first kappa shape index (κ1) is 17.0. The highest BCUT2D eigenvalue weighted by atomic mass is 32.2. The van der Waals surface area contributed by atoms with Crippen molar-refractivity contribution in [3.05, 3.63) is 53.6 Å². The third-order valence-corrected chi connectivity index (χ3v) is 7.64. The molecule has 3 aliphatic rings. The van der Waals surface area contributed by atoms with Crippen LogP contribution in [0.5, 0.6) is 11.5 Å². The predicted octanol–water partition coefficient (Wildman–Crippen LogP) is 3.94. The van der Waals surface area contributed by atoms with E-state index in [4.69, 9.17) is 9.47 Å². The number of thioether (sulfide) groups is 1. The number of ether oxygens (including phenoxy) is 2. The molecule has 0 bridgehead atoms. The van der Waals surface area contributed by atoms with E-state index in [-0.39, 0.29) is 12.0 Å². The van der Waals surface area contributed by atoms with Crippen LogP contribution >= 0.6 is 11.8 Å². The fraction of sp³-hybridized carbons (Fsp3) is 0.409. The summed E-state index contributed by atoms with van der Waals surface area (Å²) < 4.78 is 11.0. The van der Waals surface area contributed by atoms with E-state index in [1.54, 1.807) is 14.2 Å². The second-order valence-electron chi connectivity index (χ2n) is 7.52. The Morgan fingerprint density at radius 2 is 1.81 bits per heavy atom. The van der Waals surface area contributed by atoms with Gasteiger partial charge in [-0.25, -0.2) is 0 Å². The van der Waals surface area contributed by atoms with E-state index in [2.05, 4.69) is 41.3 Å². The Hall–Kier alpha value is -2.14. The zero-order chi connectivity index (χ0) is 18.5. The van der Waals surface area contributed by atoms with Crippen LogP contribution in [0.15, 0.2) is 47.4 Å². The van der Waals surface area contributed by atoms with Crippen LogP contribution in [-0.4, -0.2) is 36.8 Å². The Bertz CT molecular complexity index is 885. The first-order valence-corrected chi connectivity index (χ1v) is 10.4. The highest BCUT2D eigenvalue weighted by Gasteiger charge is 2.61. The van der Waals surface area contributed by atoms with Gasteiger partial charge < -0.3 is 14.4 Å². The molecule has 4 nitrogen and oxygen atoms in total. The van der Waals surface area contributed by atoms with Gasteiger partial charge in [0.25, 0.3) is 0 Å². The summed E-state index contributed by atoms with van der Waals surface area (Å²) in [7, 11) is 3.34. The van der Waals surface area contributed by atoms with Crippen LogP contribution in [-0.2, 0) is 11.2 Å². The van der Waals surface area contributed by atoms with Gasteiger partial charge in [0.05, 0.1) is 26.2 Å². The van der Waals surface area contributed by atoms with Crippen LogP contribution in [0.2, 0.25) is 0 Å². The monoisotopic (exact) mass is 381 g/mol. The molecule has 27 heavy (non-hydrogen) atoms. The molecule has 1 aliphatic carbocycles. The lowest BCUT2D eigenvalue weighted by Crippen LogP contribution is -2.44. The van der Waals surface area contributed by atoms with E-state index in [0.29, 0.717) is 17.1 Å². The number of hydrogen-bond donors (Lipinski definition) is 0. The number of methoxy groups -OCH3 is 2. The van der Waals surface area contributed by atoms with Crippen molar-refractivity contribution in [2.75, 3.05) is 20.8 Å². The second kappa shape index (κ2) is 6.48. The van der Waals surface area contributed by atoms with Crippen LogP contribution in [0.3, 0.4) is 0 Å². The van der Waals surface area contributed by atoms with E-state index in [1.807, 2.05) is 17.8 Å². The average Bonchev–Trinajstić information content (AvgIpc) is 3.40. The van der Waals surface area contributed by atoms with Gasteiger partial charge in [-0.3, -0.25) is 4.79 Å². The van der Waals surface area contributed by atoms with Crippen molar-refractivity contribution in [3.63, 3.8) is 0 Å². The molecule has 0 N–H and O–H groups in total. The van der Waals surface area contributed by atoms with Gasteiger partial charge in [-0.05, 0) is 54.2 Å². The number of nitrogens with zero attached hydrogens (tertiary/aromatic N) is 1. The van der Waals surface area contributed by atoms with Crippen LogP contribution < -0.4 is 9.47 Å². The normalized spacial score (nSPS) is 28.1. The zero-order valence-corrected chi connectivity index (χ0v) is 16.4. The molecule has 2 aliphatic heterocycles. The van der Waals surface area contributed by atoms with E-state index < -0.39 is 0 Å². The molecule has 4 atom stereocenters. The van der Waals surface area contributed by atoms with Crippen LogP contribution in [0, 0.1) is 11.8 Å². The summed E-state index contributed by atoms with van der Waals surface area (Å²) in [4.78, 5) is 16.5. The van der Waals surface area contributed by atoms with Crippen LogP contribution in [0.25, 0.3) is 0 Å². The van der Waals surface area contributed by atoms with Crippen molar-refractivity contribution in [2.24, 2.45) is 11.8 Å². The molecule has 0 spiro atoms. The Morgan fingerprint density at radius 3 is 2.56 bits per heavy atom. The van der Waals surface area contributed by atoms with E-state index in [9.17, 15) is 4.79 Å². The first-order chi connectivity index (χ1) is 13.2. The van der Waals surface area contributed by atoms with Gasteiger partial charge in [-0.1, -0.05) is 18.2 Å². The summed E-state index contributed by atoms with van der Waals surface area (Å²) in [5.74, 6) is 2.52. The summed E-state index contributed by atoms with van der Waals surface area (Å²) in [6, 6.07) is 14.8. The second-order valence-corrected chi connectivity index (χ2v) is 8.78. The van der Waals surface area contributed by atoms with Gasteiger partial charge in [-0.2, -0.15) is 0 Å². The number of rotatable bonds is 4. The maximum atomic E-state index is 13.1. The summed E-state index contributed by atoms with van der Waals surface area (Å²) in [5, 5.41) is 0.411. The quantitative estimate of drug-likeness (QED) is 0.804. The minimum atomic E-state index is 0.170. The Balaban J connectivity index is 1.43. The van der Waals surface area contributed by atoms with Gasteiger partial charge in [0.15, 0.2) is 11.5 Å². The molecule has 2 heterocycles. The lowest BCUT2D eigenvalue weighted by Gasteiger charge is -2.40. The third kappa shape index (κ3) is 2.71. The number of amides is 1. The number of fused-ring (bicyclic) bond motifs is 4. The lowest BCUT2D eigenvalue weighted by molar-refractivity contribution is -0.138. The van der Waals surface area contributed by atoms with Gasteiger partial charge >= 0.3 is 0 Å². The van der Waals surface area contributed by atoms with E-state index in [0.717, 1.165) is 30.9 Å². The smallest absolute Gasteiger partial charge is 0.227 e. The Morgan fingerprint density at radius 1 is 1.07 bits per heavy atom. The van der Waals surface area contributed by atoms with E-state index >= 15 is 0 Å². The highest BCUT2D eigenvalue weighted by Crippen LogP contribution is 2.60. The molecule has 5 rings (SSSR count). The van der Waals surface area contributed by atoms with Gasteiger partial charge in [0, 0.05) is 16.7 Å². The maximum Gasteiger partial charge on any atom is 0.227 e. The molecule has 1 saturated heterocycles. The molecule has 5 heteroatoms. The highest BCUT2D eigenvalue weighted by molar-refractivity contribution is 8.00. The standard InChI is InChI=1S/C22H23NO3S/c1-25-18-10-13-8-9-23-17(15(13)12-19(18)26-2)11-16-20(22(23)24)21(16)27-14-6-4-3-5-7-14/h3-7,10,12,16-17,20-21H,8-9,11H2,1-2H3/t16-,17+,20+,21?/m0/s1. The van der Waals surface area contributed by atoms with Gasteiger partial charge in [0.1, 0.15) is 0 Å². The van der Waals surface area contributed by atoms with Crippen molar-refractivity contribution in [2.45, 2.75) is 29.0 Å². The molecule has 1 saturated carbocycles. The number of benzene rings is 2. The van der Waals surface area contributed by atoms with Crippen molar-refractivity contribution < 1.29 is 14.3 Å². The molecule has 0 radical (unpaired) electrons. The lowest BCUT2D eigenvalue weighted by atomic mass is 9.86. The Labute approximate surface area is 163 Å². The van der Waals surface area contributed by atoms with E-state index in [1.165, 1.54) is 16.0 Å². The minimum absolute atomic E-state index is 0.170. The van der Waals surface area contributed by atoms with Crippen molar-refractivity contribution in [1.29, 1.82) is 0 Å². The predicted molar refractivity (Wildman–Crippen MR) is 105 cm³/mol. The minimum Gasteiger partial charge on any atom is -0.493 e. The Kier molecular flexibility index (Phi) is 4.08. The average molecular weight is 381 g/mol. The molecule has 1 amide bonds. The number of piperidine rings is 1. The number of hydrogen-bond acceptors (Lipinski definition) is 4. The number of carbonyl (C=O) groups is 1.